The van der Waals surface area contributed by atoms with E-state index in [2.05, 4.69) is 15.4 Å². The van der Waals surface area contributed by atoms with E-state index in [1.807, 2.05) is 31.5 Å². The molecule has 1 amide bonds. The number of benzene rings is 1. The number of hydrogen-bond acceptors (Lipinski definition) is 3. The Kier molecular flexibility index (Phi) is 4.05. The zero-order valence-electron chi connectivity index (χ0n) is 13.2. The zero-order valence-corrected chi connectivity index (χ0v) is 13.9. The van der Waals surface area contributed by atoms with Gasteiger partial charge >= 0.3 is 0 Å². The van der Waals surface area contributed by atoms with Gasteiger partial charge in [0, 0.05) is 22.1 Å². The second-order valence-electron chi connectivity index (χ2n) is 5.68. The smallest absolute Gasteiger partial charge is 0.257 e. The number of pyridine rings is 1. The van der Waals surface area contributed by atoms with Crippen molar-refractivity contribution in [2.45, 2.75) is 26.8 Å². The van der Waals surface area contributed by atoms with Crippen molar-refractivity contribution in [1.29, 1.82) is 0 Å². The first-order chi connectivity index (χ1) is 11.0. The van der Waals surface area contributed by atoms with Gasteiger partial charge in [-0.2, -0.15) is 5.10 Å². The van der Waals surface area contributed by atoms with Gasteiger partial charge < -0.3 is 5.32 Å². The molecular weight excluding hydrogens is 312 g/mol. The number of aryl methyl sites for hydroxylation is 1. The van der Waals surface area contributed by atoms with E-state index in [1.165, 1.54) is 0 Å². The van der Waals surface area contributed by atoms with Crippen LogP contribution in [0.4, 0.5) is 5.69 Å². The zero-order chi connectivity index (χ0) is 16.6. The molecule has 0 atom stereocenters. The molecule has 1 aromatic carbocycles. The predicted molar refractivity (Wildman–Crippen MR) is 92.1 cm³/mol. The molecule has 5 nitrogen and oxygen atoms in total. The number of aromatic nitrogens is 3. The summed E-state index contributed by atoms with van der Waals surface area (Å²) >= 11 is 5.85. The molecule has 0 radical (unpaired) electrons. The molecule has 3 rings (SSSR count). The fourth-order valence-electron chi connectivity index (χ4n) is 2.41. The largest absolute Gasteiger partial charge is 0.322 e. The van der Waals surface area contributed by atoms with Crippen LogP contribution in [0.5, 0.6) is 0 Å². The topological polar surface area (TPSA) is 59.8 Å². The molecule has 1 N–H and O–H groups in total. The molecule has 6 heteroatoms. The summed E-state index contributed by atoms with van der Waals surface area (Å²) in [5, 5.41) is 8.67. The van der Waals surface area contributed by atoms with E-state index >= 15 is 0 Å². The van der Waals surface area contributed by atoms with Crippen molar-refractivity contribution >= 4 is 34.2 Å². The van der Waals surface area contributed by atoms with Crippen LogP contribution in [0.1, 0.15) is 35.9 Å². The number of fused-ring (bicyclic) bond motifs is 1. The van der Waals surface area contributed by atoms with Crippen molar-refractivity contribution in [2.75, 3.05) is 5.32 Å². The molecule has 118 valence electrons. The molecule has 23 heavy (non-hydrogen) atoms. The highest BCUT2D eigenvalue weighted by molar-refractivity contribution is 6.30. The first-order valence-corrected chi connectivity index (χ1v) is 7.75. The summed E-state index contributed by atoms with van der Waals surface area (Å²) in [6.07, 6.45) is 1.74. The number of nitrogens with one attached hydrogen (secondary N) is 1. The van der Waals surface area contributed by atoms with Gasteiger partial charge in [0.25, 0.3) is 5.91 Å². The Morgan fingerprint density at radius 3 is 2.61 bits per heavy atom. The maximum Gasteiger partial charge on any atom is 0.257 e. The van der Waals surface area contributed by atoms with Gasteiger partial charge in [-0.25, -0.2) is 9.67 Å². The van der Waals surface area contributed by atoms with Crippen LogP contribution >= 0.6 is 11.6 Å². The number of halogens is 1. The van der Waals surface area contributed by atoms with Crippen LogP contribution in [0, 0.1) is 6.92 Å². The van der Waals surface area contributed by atoms with E-state index < -0.39 is 0 Å². The Bertz CT molecular complexity index is 868. The monoisotopic (exact) mass is 328 g/mol. The number of nitrogens with zero attached hydrogens (tertiary/aromatic N) is 3. The minimum absolute atomic E-state index is 0.198. The minimum Gasteiger partial charge on any atom is -0.322 e. The molecule has 2 heterocycles. The molecule has 3 aromatic rings. The number of amides is 1. The summed E-state index contributed by atoms with van der Waals surface area (Å²) in [5.74, 6) is -0.198. The first-order valence-electron chi connectivity index (χ1n) is 7.37. The van der Waals surface area contributed by atoms with Crippen molar-refractivity contribution < 1.29 is 4.79 Å². The van der Waals surface area contributed by atoms with E-state index in [-0.39, 0.29) is 11.9 Å². The third-order valence-electron chi connectivity index (χ3n) is 3.60. The van der Waals surface area contributed by atoms with E-state index in [0.29, 0.717) is 22.0 Å². The summed E-state index contributed by atoms with van der Waals surface area (Å²) in [6, 6.07) is 9.04. The number of rotatable bonds is 3. The Hall–Kier alpha value is -2.40. The van der Waals surface area contributed by atoms with Gasteiger partial charge in [0.2, 0.25) is 0 Å². The Balaban J connectivity index is 1.94. The maximum atomic E-state index is 12.5. The van der Waals surface area contributed by atoms with Gasteiger partial charge in [-0.15, -0.1) is 0 Å². The SMILES string of the molecule is Cc1nc2c(cnn2C(C)C)cc1C(=O)Nc1ccc(Cl)cc1. The van der Waals surface area contributed by atoms with E-state index in [1.54, 1.807) is 30.5 Å². The molecule has 0 aliphatic heterocycles. The second kappa shape index (κ2) is 6.01. The fourth-order valence-corrected chi connectivity index (χ4v) is 2.53. The van der Waals surface area contributed by atoms with Crippen LogP contribution in [0.15, 0.2) is 36.5 Å². The average Bonchev–Trinajstić information content (AvgIpc) is 2.91. The van der Waals surface area contributed by atoms with E-state index in [0.717, 1.165) is 11.0 Å². The highest BCUT2D eigenvalue weighted by Crippen LogP contribution is 2.21. The van der Waals surface area contributed by atoms with Gasteiger partial charge in [-0.1, -0.05) is 11.6 Å². The van der Waals surface area contributed by atoms with E-state index in [9.17, 15) is 4.79 Å². The standard InChI is InChI=1S/C17H17ClN4O/c1-10(2)22-16-12(9-19-22)8-15(11(3)20-16)17(23)21-14-6-4-13(18)5-7-14/h4-10H,1-3H3,(H,21,23). The molecule has 0 aliphatic carbocycles. The molecule has 2 aromatic heterocycles. The lowest BCUT2D eigenvalue weighted by molar-refractivity contribution is 0.102. The molecule has 0 bridgehead atoms. The Labute approximate surface area is 139 Å². The normalized spacial score (nSPS) is 11.2. The molecule has 0 fully saturated rings. The Morgan fingerprint density at radius 2 is 1.96 bits per heavy atom. The van der Waals surface area contributed by atoms with E-state index in [4.69, 9.17) is 11.6 Å². The fraction of sp³-hybridized carbons (Fsp3) is 0.235. The van der Waals surface area contributed by atoms with Crippen LogP contribution < -0.4 is 5.32 Å². The van der Waals surface area contributed by atoms with Crippen LogP contribution in [0.2, 0.25) is 5.02 Å². The highest BCUT2D eigenvalue weighted by Gasteiger charge is 2.15. The minimum atomic E-state index is -0.198. The average molecular weight is 329 g/mol. The van der Waals surface area contributed by atoms with Gasteiger partial charge in [0.15, 0.2) is 5.65 Å². The third-order valence-corrected chi connectivity index (χ3v) is 3.85. The van der Waals surface area contributed by atoms with Gasteiger partial charge in [0.1, 0.15) is 0 Å². The lowest BCUT2D eigenvalue weighted by atomic mass is 10.1. The van der Waals surface area contributed by atoms with Crippen molar-refractivity contribution in [3.05, 3.63) is 52.8 Å². The van der Waals surface area contributed by atoms with Gasteiger partial charge in [-0.3, -0.25) is 4.79 Å². The second-order valence-corrected chi connectivity index (χ2v) is 6.11. The van der Waals surface area contributed by atoms with Crippen molar-refractivity contribution in [2.24, 2.45) is 0 Å². The molecule has 0 unspecified atom stereocenters. The molecule has 0 aliphatic rings. The predicted octanol–water partition coefficient (Wildman–Crippen LogP) is 4.23. The number of carbonyl (C=O) groups is 1. The summed E-state index contributed by atoms with van der Waals surface area (Å²) in [6.45, 7) is 5.92. The van der Waals surface area contributed by atoms with Gasteiger partial charge in [-0.05, 0) is 51.1 Å². The van der Waals surface area contributed by atoms with Crippen molar-refractivity contribution in [1.82, 2.24) is 14.8 Å². The Morgan fingerprint density at radius 1 is 1.26 bits per heavy atom. The maximum absolute atomic E-state index is 12.5. The molecule has 0 saturated carbocycles. The number of carbonyl (C=O) groups excluding carboxylic acids is 1. The quantitative estimate of drug-likeness (QED) is 0.782. The van der Waals surface area contributed by atoms with Crippen LogP contribution in [0.25, 0.3) is 11.0 Å². The summed E-state index contributed by atoms with van der Waals surface area (Å²) < 4.78 is 1.85. The molecule has 0 saturated heterocycles. The van der Waals surface area contributed by atoms with Crippen LogP contribution in [-0.4, -0.2) is 20.7 Å². The summed E-state index contributed by atoms with van der Waals surface area (Å²) in [5.41, 5.74) is 2.69. The van der Waals surface area contributed by atoms with Crippen LogP contribution in [-0.2, 0) is 0 Å². The lowest BCUT2D eigenvalue weighted by Gasteiger charge is -2.10. The van der Waals surface area contributed by atoms with Crippen molar-refractivity contribution in [3.63, 3.8) is 0 Å². The molecule has 0 spiro atoms. The van der Waals surface area contributed by atoms with Gasteiger partial charge in [0.05, 0.1) is 17.5 Å². The summed E-state index contributed by atoms with van der Waals surface area (Å²) in [4.78, 5) is 17.0. The highest BCUT2D eigenvalue weighted by atomic mass is 35.5. The third kappa shape index (κ3) is 3.05. The van der Waals surface area contributed by atoms with Crippen LogP contribution in [0.3, 0.4) is 0 Å². The number of anilines is 1. The lowest BCUT2D eigenvalue weighted by Crippen LogP contribution is -2.14. The summed E-state index contributed by atoms with van der Waals surface area (Å²) in [7, 11) is 0. The molecular formula is C17H17ClN4O. The van der Waals surface area contributed by atoms with Crippen molar-refractivity contribution in [3.8, 4) is 0 Å². The number of hydrogen-bond donors (Lipinski definition) is 1. The first kappa shape index (κ1) is 15.5.